The van der Waals surface area contributed by atoms with Gasteiger partial charge in [-0.25, -0.2) is 0 Å². The maximum Gasteiger partial charge on any atom is 0.107 e. The number of aromatic nitrogens is 2. The highest BCUT2D eigenvalue weighted by molar-refractivity contribution is 8.00. The summed E-state index contributed by atoms with van der Waals surface area (Å²) in [4.78, 5) is 2.55. The highest BCUT2D eigenvalue weighted by Gasteiger charge is 2.26. The van der Waals surface area contributed by atoms with E-state index in [2.05, 4.69) is 49.0 Å². The van der Waals surface area contributed by atoms with Crippen LogP contribution in [0.5, 0.6) is 0 Å². The fraction of sp³-hybridized carbons (Fsp3) is 0.667. The lowest BCUT2D eigenvalue weighted by Gasteiger charge is -2.29. The number of thioether (sulfide) groups is 2. The highest BCUT2D eigenvalue weighted by Crippen LogP contribution is 2.38. The van der Waals surface area contributed by atoms with Crippen LogP contribution in [0.4, 0.5) is 0 Å². The van der Waals surface area contributed by atoms with Crippen molar-refractivity contribution in [2.24, 2.45) is 10.8 Å². The Balaban J connectivity index is 1.22. The lowest BCUT2D eigenvalue weighted by Crippen LogP contribution is -2.25. The van der Waals surface area contributed by atoms with Gasteiger partial charge < -0.3 is 19.3 Å². The molecule has 4 rings (SSSR count). The summed E-state index contributed by atoms with van der Waals surface area (Å²) in [6.07, 6.45) is 5.65. The van der Waals surface area contributed by atoms with E-state index in [1.165, 1.54) is 20.9 Å². The van der Waals surface area contributed by atoms with Gasteiger partial charge in [-0.05, 0) is 85.5 Å². The number of aliphatic hydroxyl groups is 2. The third-order valence-electron chi connectivity index (χ3n) is 8.22. The zero-order chi connectivity index (χ0) is 29.2. The number of thiol groups is 2. The third-order valence-corrected chi connectivity index (χ3v) is 12.1. The Morgan fingerprint density at radius 2 is 1.12 bits per heavy atom. The van der Waals surface area contributed by atoms with Crippen LogP contribution in [0, 0.1) is 20.1 Å². The van der Waals surface area contributed by atoms with Crippen LogP contribution in [0.1, 0.15) is 77.3 Å². The quantitative estimate of drug-likeness (QED) is 0.128. The molecule has 2 atom stereocenters. The Bertz CT molecular complexity index is 1230. The van der Waals surface area contributed by atoms with Crippen LogP contribution in [0.3, 0.4) is 0 Å². The molecule has 0 saturated carbocycles. The van der Waals surface area contributed by atoms with Crippen molar-refractivity contribution in [1.29, 1.82) is 0 Å². The topological polar surface area (TPSA) is 50.3 Å². The minimum Gasteiger partial charge on any atom is -0.393 e. The maximum atomic E-state index is 10.7. The molecule has 2 aromatic rings. The molecule has 0 radical (unpaired) electrons. The monoisotopic (exact) mass is 656 g/mol. The van der Waals surface area contributed by atoms with Gasteiger partial charge in [-0.2, -0.15) is 0 Å². The fourth-order valence-corrected chi connectivity index (χ4v) is 9.66. The summed E-state index contributed by atoms with van der Waals surface area (Å²) in [6.45, 7) is 10.5. The average molecular weight is 657 g/mol. The molecule has 2 N–H and O–H groups in total. The molecule has 2 aliphatic heterocycles. The van der Waals surface area contributed by atoms with Crippen LogP contribution in [0.15, 0.2) is 32.0 Å². The molecule has 4 nitrogen and oxygen atoms in total. The first-order valence-corrected chi connectivity index (χ1v) is 18.0. The standard InChI is InChI=1S/C30H44N2O2S6/c1-29(2,17-31-25(35)15-23-21(27(31)37)9-13-39-23)11-7-19(33)5-6-20(34)8-12-30(3,4)18-32-26(36)16-24-22(28(32)38)10-14-40-24/h15-16,19-20,33-34,37-38H,5-14,17-18H2,1-4H3. The lowest BCUT2D eigenvalue weighted by atomic mass is 9.84. The first kappa shape index (κ1) is 33.0. The zero-order valence-corrected chi connectivity index (χ0v) is 29.2. The molecule has 0 saturated heterocycles. The molecule has 0 aliphatic carbocycles. The van der Waals surface area contributed by atoms with E-state index in [9.17, 15) is 10.2 Å². The van der Waals surface area contributed by atoms with Crippen molar-refractivity contribution in [3.63, 3.8) is 0 Å². The average Bonchev–Trinajstić information content (AvgIpc) is 3.55. The first-order chi connectivity index (χ1) is 18.8. The molecule has 0 fully saturated rings. The van der Waals surface area contributed by atoms with E-state index >= 15 is 0 Å². The Hall–Kier alpha value is 0.0600. The second kappa shape index (κ2) is 13.8. The molecule has 222 valence electrons. The maximum absolute atomic E-state index is 10.7. The summed E-state index contributed by atoms with van der Waals surface area (Å²) < 4.78 is 5.99. The van der Waals surface area contributed by atoms with E-state index in [4.69, 9.17) is 49.7 Å². The van der Waals surface area contributed by atoms with E-state index in [0.717, 1.165) is 69.6 Å². The SMILES string of the molecule is CC(C)(CCC(O)CCC(O)CCC(C)(C)Cn1c(S)c2c(cc1=S)SCC2)Cn1c(S)c2c(cc1=S)SCC2. The summed E-state index contributed by atoms with van der Waals surface area (Å²) in [5.74, 6) is 2.19. The smallest absolute Gasteiger partial charge is 0.107 e. The zero-order valence-electron chi connectivity index (χ0n) is 24.1. The van der Waals surface area contributed by atoms with Crippen molar-refractivity contribution in [1.82, 2.24) is 9.13 Å². The van der Waals surface area contributed by atoms with Crippen molar-refractivity contribution in [2.45, 2.75) is 124 Å². The highest BCUT2D eigenvalue weighted by atomic mass is 32.2. The normalized spacial score (nSPS) is 16.7. The number of hydrogen-bond donors (Lipinski definition) is 4. The molecule has 10 heteroatoms. The van der Waals surface area contributed by atoms with Gasteiger partial charge in [0, 0.05) is 34.4 Å². The molecule has 0 bridgehead atoms. The van der Waals surface area contributed by atoms with Crippen molar-refractivity contribution in [3.05, 3.63) is 32.5 Å². The van der Waals surface area contributed by atoms with Crippen molar-refractivity contribution >= 4 is 73.2 Å². The Labute approximate surface area is 269 Å². The summed E-state index contributed by atoms with van der Waals surface area (Å²) in [7, 11) is 0. The molecule has 4 heterocycles. The number of fused-ring (bicyclic) bond motifs is 2. The van der Waals surface area contributed by atoms with Gasteiger partial charge >= 0.3 is 0 Å². The molecule has 2 aromatic heterocycles. The Morgan fingerprint density at radius 1 is 0.750 bits per heavy atom. The van der Waals surface area contributed by atoms with Crippen LogP contribution in [-0.2, 0) is 25.9 Å². The van der Waals surface area contributed by atoms with E-state index in [0.29, 0.717) is 25.7 Å². The van der Waals surface area contributed by atoms with Gasteiger partial charge in [-0.15, -0.1) is 48.8 Å². The predicted molar refractivity (Wildman–Crippen MR) is 181 cm³/mol. The van der Waals surface area contributed by atoms with E-state index in [1.807, 2.05) is 23.5 Å². The molecular formula is C30H44N2O2S6. The summed E-state index contributed by atoms with van der Waals surface area (Å²) >= 11 is 24.8. The molecule has 2 aliphatic rings. The Morgan fingerprint density at radius 3 is 1.50 bits per heavy atom. The van der Waals surface area contributed by atoms with Crippen LogP contribution in [0.25, 0.3) is 0 Å². The van der Waals surface area contributed by atoms with Gasteiger partial charge in [0.15, 0.2) is 0 Å². The first-order valence-electron chi connectivity index (χ1n) is 14.3. The van der Waals surface area contributed by atoms with Crippen LogP contribution < -0.4 is 0 Å². The Kier molecular flexibility index (Phi) is 11.4. The van der Waals surface area contributed by atoms with Crippen LogP contribution >= 0.6 is 73.2 Å². The van der Waals surface area contributed by atoms with Crippen molar-refractivity contribution in [3.8, 4) is 0 Å². The minimum atomic E-state index is -0.420. The van der Waals surface area contributed by atoms with Crippen LogP contribution in [0.2, 0.25) is 0 Å². The number of nitrogens with zero attached hydrogens (tertiary/aromatic N) is 2. The van der Waals surface area contributed by atoms with E-state index in [1.54, 1.807) is 0 Å². The molecule has 40 heavy (non-hydrogen) atoms. The largest absolute Gasteiger partial charge is 0.393 e. The number of aliphatic hydroxyl groups excluding tert-OH is 2. The summed E-state index contributed by atoms with van der Waals surface area (Å²) in [5, 5.41) is 23.5. The summed E-state index contributed by atoms with van der Waals surface area (Å²) in [5.41, 5.74) is 2.58. The van der Waals surface area contributed by atoms with Gasteiger partial charge in [0.1, 0.15) is 9.28 Å². The lowest BCUT2D eigenvalue weighted by molar-refractivity contribution is 0.0846. The van der Waals surface area contributed by atoms with E-state index < -0.39 is 12.2 Å². The molecule has 0 spiro atoms. The fourth-order valence-electron chi connectivity index (χ4n) is 5.67. The van der Waals surface area contributed by atoms with Gasteiger partial charge in [0.05, 0.1) is 22.3 Å². The second-order valence-electron chi connectivity index (χ2n) is 13.0. The van der Waals surface area contributed by atoms with Crippen molar-refractivity contribution in [2.75, 3.05) is 11.5 Å². The van der Waals surface area contributed by atoms with Crippen molar-refractivity contribution < 1.29 is 10.2 Å². The number of pyridine rings is 2. The van der Waals surface area contributed by atoms with Crippen LogP contribution in [-0.4, -0.2) is 43.1 Å². The summed E-state index contributed by atoms with van der Waals surface area (Å²) in [6, 6.07) is 4.24. The van der Waals surface area contributed by atoms with Gasteiger partial charge in [-0.1, -0.05) is 52.1 Å². The predicted octanol–water partition coefficient (Wildman–Crippen LogP) is 8.44. The minimum absolute atomic E-state index is 0.0252. The molecule has 0 amide bonds. The molecular weight excluding hydrogens is 613 g/mol. The molecule has 2 unspecified atom stereocenters. The number of hydrogen-bond acceptors (Lipinski definition) is 8. The second-order valence-corrected chi connectivity index (χ2v) is 16.9. The molecule has 0 aromatic carbocycles. The van der Waals surface area contributed by atoms with E-state index in [-0.39, 0.29) is 10.8 Å². The number of rotatable bonds is 13. The third kappa shape index (κ3) is 8.36. The van der Waals surface area contributed by atoms with Gasteiger partial charge in [-0.3, -0.25) is 0 Å². The van der Waals surface area contributed by atoms with Gasteiger partial charge in [0.25, 0.3) is 0 Å². The van der Waals surface area contributed by atoms with Gasteiger partial charge in [0.2, 0.25) is 0 Å².